The van der Waals surface area contributed by atoms with E-state index in [4.69, 9.17) is 9.47 Å². The smallest absolute Gasteiger partial charge is 0.338 e. The highest BCUT2D eigenvalue weighted by Gasteiger charge is 2.08. The van der Waals surface area contributed by atoms with E-state index in [9.17, 15) is 9.59 Å². The highest BCUT2D eigenvalue weighted by Crippen LogP contribution is 2.18. The van der Waals surface area contributed by atoms with E-state index in [2.05, 4.69) is 15.6 Å². The van der Waals surface area contributed by atoms with E-state index in [0.29, 0.717) is 36.6 Å². The number of rotatable bonds is 9. The molecular weight excluding hydrogens is 334 g/mol. The fourth-order valence-electron chi connectivity index (χ4n) is 2.22. The van der Waals surface area contributed by atoms with Crippen molar-refractivity contribution in [3.05, 3.63) is 53.9 Å². The summed E-state index contributed by atoms with van der Waals surface area (Å²) in [5.41, 5.74) is 2.41. The van der Waals surface area contributed by atoms with Gasteiger partial charge in [-0.25, -0.2) is 4.79 Å². The maximum Gasteiger partial charge on any atom is 0.338 e. The van der Waals surface area contributed by atoms with Crippen molar-refractivity contribution in [3.8, 4) is 0 Å². The Labute approximate surface area is 152 Å². The number of nitrogens with one attached hydrogen (secondary N) is 2. The minimum absolute atomic E-state index is 0.185. The number of methoxy groups -OCH3 is 1. The first kappa shape index (κ1) is 19.4. The van der Waals surface area contributed by atoms with Gasteiger partial charge in [0.25, 0.3) is 5.91 Å². The molecule has 7 heteroatoms. The van der Waals surface area contributed by atoms with Gasteiger partial charge in [-0.05, 0) is 43.7 Å². The van der Waals surface area contributed by atoms with Crippen LogP contribution in [-0.2, 0) is 9.47 Å². The van der Waals surface area contributed by atoms with Crippen LogP contribution in [0.25, 0.3) is 0 Å². The average molecular weight is 357 g/mol. The summed E-state index contributed by atoms with van der Waals surface area (Å²) in [5, 5.41) is 5.98. The molecule has 2 aromatic rings. The summed E-state index contributed by atoms with van der Waals surface area (Å²) in [6, 6.07) is 8.62. The molecule has 1 heterocycles. The third-order valence-corrected chi connectivity index (χ3v) is 3.50. The number of carbonyl (C=O) groups is 2. The number of esters is 1. The number of hydrogen-bond donors (Lipinski definition) is 2. The Morgan fingerprint density at radius 1 is 1.08 bits per heavy atom. The van der Waals surface area contributed by atoms with Crippen molar-refractivity contribution >= 4 is 23.3 Å². The number of pyridine rings is 1. The van der Waals surface area contributed by atoms with Crippen LogP contribution in [-0.4, -0.2) is 43.7 Å². The molecule has 2 rings (SSSR count). The number of amides is 1. The van der Waals surface area contributed by atoms with Crippen molar-refractivity contribution in [3.63, 3.8) is 0 Å². The summed E-state index contributed by atoms with van der Waals surface area (Å²) >= 11 is 0. The molecule has 1 amide bonds. The lowest BCUT2D eigenvalue weighted by atomic mass is 10.2. The number of benzene rings is 1. The summed E-state index contributed by atoms with van der Waals surface area (Å²) in [4.78, 5) is 27.9. The Bertz CT molecular complexity index is 732. The van der Waals surface area contributed by atoms with E-state index < -0.39 is 0 Å². The maximum atomic E-state index is 12.1. The van der Waals surface area contributed by atoms with Gasteiger partial charge in [-0.2, -0.15) is 0 Å². The number of carbonyl (C=O) groups excluding carboxylic acids is 2. The largest absolute Gasteiger partial charge is 0.462 e. The maximum absolute atomic E-state index is 12.1. The summed E-state index contributed by atoms with van der Waals surface area (Å²) < 4.78 is 9.90. The number of aromatic nitrogens is 1. The zero-order valence-corrected chi connectivity index (χ0v) is 15.0. The van der Waals surface area contributed by atoms with Gasteiger partial charge in [-0.3, -0.25) is 9.78 Å². The molecule has 26 heavy (non-hydrogen) atoms. The number of ether oxygens (including phenoxy) is 2. The molecule has 1 aromatic heterocycles. The Balaban J connectivity index is 1.97. The summed E-state index contributed by atoms with van der Waals surface area (Å²) in [6.07, 6.45) is 3.89. The van der Waals surface area contributed by atoms with Crippen molar-refractivity contribution in [2.24, 2.45) is 0 Å². The highest BCUT2D eigenvalue weighted by atomic mass is 16.5. The third kappa shape index (κ3) is 5.86. The zero-order chi connectivity index (χ0) is 18.8. The second-order valence-electron chi connectivity index (χ2n) is 5.49. The average Bonchev–Trinajstić information content (AvgIpc) is 2.66. The first-order valence-corrected chi connectivity index (χ1v) is 8.40. The monoisotopic (exact) mass is 357 g/mol. The van der Waals surface area contributed by atoms with Crippen molar-refractivity contribution in [2.75, 3.05) is 32.2 Å². The molecule has 0 bridgehead atoms. The van der Waals surface area contributed by atoms with Gasteiger partial charge in [0.2, 0.25) is 0 Å². The van der Waals surface area contributed by atoms with Crippen molar-refractivity contribution in [1.29, 1.82) is 0 Å². The lowest BCUT2D eigenvalue weighted by Gasteiger charge is -2.09. The highest BCUT2D eigenvalue weighted by molar-refractivity contribution is 5.95. The summed E-state index contributed by atoms with van der Waals surface area (Å²) in [7, 11) is 1.63. The molecule has 0 fully saturated rings. The molecular formula is C19H23N3O4. The molecule has 0 aliphatic carbocycles. The Morgan fingerprint density at radius 2 is 1.85 bits per heavy atom. The van der Waals surface area contributed by atoms with E-state index in [0.717, 1.165) is 12.1 Å². The summed E-state index contributed by atoms with van der Waals surface area (Å²) in [5.74, 6) is -0.539. The predicted molar refractivity (Wildman–Crippen MR) is 98.7 cm³/mol. The number of anilines is 2. The minimum atomic E-state index is -0.354. The molecule has 0 atom stereocenters. The molecule has 2 N–H and O–H groups in total. The number of nitrogens with zero attached hydrogens (tertiary/aromatic N) is 1. The van der Waals surface area contributed by atoms with Crippen molar-refractivity contribution in [2.45, 2.75) is 13.3 Å². The van der Waals surface area contributed by atoms with Crippen LogP contribution in [0, 0.1) is 0 Å². The topological polar surface area (TPSA) is 89.5 Å². The van der Waals surface area contributed by atoms with E-state index in [1.165, 1.54) is 6.20 Å². The van der Waals surface area contributed by atoms with Crippen LogP contribution in [0.1, 0.15) is 34.1 Å². The Hall–Kier alpha value is -2.93. The van der Waals surface area contributed by atoms with Gasteiger partial charge in [-0.15, -0.1) is 0 Å². The Kier molecular flexibility index (Phi) is 7.57. The van der Waals surface area contributed by atoms with E-state index >= 15 is 0 Å². The van der Waals surface area contributed by atoms with Crippen LogP contribution in [0.3, 0.4) is 0 Å². The first-order valence-electron chi connectivity index (χ1n) is 8.40. The van der Waals surface area contributed by atoms with Crippen LogP contribution in [0.2, 0.25) is 0 Å². The third-order valence-electron chi connectivity index (χ3n) is 3.50. The molecule has 138 valence electrons. The normalized spacial score (nSPS) is 10.2. The molecule has 0 aliphatic heterocycles. The quantitative estimate of drug-likeness (QED) is 0.530. The first-order chi connectivity index (χ1) is 12.6. The zero-order valence-electron chi connectivity index (χ0n) is 15.0. The van der Waals surface area contributed by atoms with Gasteiger partial charge >= 0.3 is 5.97 Å². The van der Waals surface area contributed by atoms with Crippen LogP contribution in [0.5, 0.6) is 0 Å². The number of hydrogen-bond acceptors (Lipinski definition) is 6. The second-order valence-corrected chi connectivity index (χ2v) is 5.49. The molecule has 1 aromatic carbocycles. The minimum Gasteiger partial charge on any atom is -0.462 e. The van der Waals surface area contributed by atoms with Crippen LogP contribution < -0.4 is 10.6 Å². The van der Waals surface area contributed by atoms with Gasteiger partial charge in [0.1, 0.15) is 0 Å². The summed E-state index contributed by atoms with van der Waals surface area (Å²) in [6.45, 7) is 3.24. The Morgan fingerprint density at radius 3 is 2.54 bits per heavy atom. The second kappa shape index (κ2) is 10.1. The lowest BCUT2D eigenvalue weighted by molar-refractivity contribution is 0.0526. The van der Waals surface area contributed by atoms with Gasteiger partial charge in [0.05, 0.1) is 29.6 Å². The van der Waals surface area contributed by atoms with Gasteiger partial charge in [-0.1, -0.05) is 0 Å². The van der Waals surface area contributed by atoms with Gasteiger partial charge < -0.3 is 20.1 Å². The molecule has 0 spiro atoms. The van der Waals surface area contributed by atoms with Crippen molar-refractivity contribution in [1.82, 2.24) is 10.3 Å². The van der Waals surface area contributed by atoms with Gasteiger partial charge in [0, 0.05) is 32.1 Å². The van der Waals surface area contributed by atoms with Crippen LogP contribution in [0.15, 0.2) is 42.7 Å². The standard InChI is InChI=1S/C19H23N3O4/c1-3-26-19(24)14-5-7-16(8-6-14)22-17-11-15(12-20-13-17)18(23)21-9-4-10-25-2/h5-8,11-13,22H,3-4,9-10H2,1-2H3,(H,21,23). The SMILES string of the molecule is CCOC(=O)c1ccc(Nc2cncc(C(=O)NCCCOC)c2)cc1. The van der Waals surface area contributed by atoms with Crippen LogP contribution in [0.4, 0.5) is 11.4 Å². The molecule has 0 saturated heterocycles. The molecule has 0 saturated carbocycles. The van der Waals surface area contributed by atoms with Crippen LogP contribution >= 0.6 is 0 Å². The molecule has 0 unspecified atom stereocenters. The van der Waals surface area contributed by atoms with Crippen molar-refractivity contribution < 1.29 is 19.1 Å². The van der Waals surface area contributed by atoms with E-state index in [1.807, 2.05) is 0 Å². The van der Waals surface area contributed by atoms with E-state index in [1.54, 1.807) is 50.6 Å². The lowest BCUT2D eigenvalue weighted by Crippen LogP contribution is -2.25. The molecule has 0 radical (unpaired) electrons. The predicted octanol–water partition coefficient (Wildman–Crippen LogP) is 2.77. The fourth-order valence-corrected chi connectivity index (χ4v) is 2.22. The van der Waals surface area contributed by atoms with Gasteiger partial charge in [0.15, 0.2) is 0 Å². The fraction of sp³-hybridized carbons (Fsp3) is 0.316. The molecule has 0 aliphatic rings. The van der Waals surface area contributed by atoms with E-state index in [-0.39, 0.29) is 11.9 Å². The molecule has 7 nitrogen and oxygen atoms in total.